The van der Waals surface area contributed by atoms with Crippen LogP contribution in [0.25, 0.3) is 0 Å². The first-order valence-electron chi connectivity index (χ1n) is 7.62. The first-order valence-corrected chi connectivity index (χ1v) is 8.44. The van der Waals surface area contributed by atoms with Crippen LogP contribution in [0.2, 0.25) is 0 Å². The zero-order valence-corrected chi connectivity index (χ0v) is 13.9. The van der Waals surface area contributed by atoms with E-state index in [9.17, 15) is 0 Å². The van der Waals surface area contributed by atoms with Crippen molar-refractivity contribution in [3.63, 3.8) is 0 Å². The van der Waals surface area contributed by atoms with Crippen molar-refractivity contribution in [1.82, 2.24) is 10.3 Å². The molecule has 2 nitrogen and oxygen atoms in total. The maximum Gasteiger partial charge on any atom is 0.0962 e. The van der Waals surface area contributed by atoms with Gasteiger partial charge in [-0.05, 0) is 46.0 Å². The van der Waals surface area contributed by atoms with Crippen LogP contribution < -0.4 is 5.32 Å². The third kappa shape index (κ3) is 4.03. The van der Waals surface area contributed by atoms with Gasteiger partial charge in [0.25, 0.3) is 0 Å². The van der Waals surface area contributed by atoms with E-state index in [0.29, 0.717) is 0 Å². The van der Waals surface area contributed by atoms with Gasteiger partial charge in [0.15, 0.2) is 0 Å². The zero-order valence-electron chi connectivity index (χ0n) is 13.0. The van der Waals surface area contributed by atoms with E-state index in [2.05, 4.69) is 39.9 Å². The van der Waals surface area contributed by atoms with Gasteiger partial charge in [-0.3, -0.25) is 0 Å². The number of aryl methyl sites for hydroxylation is 1. The molecule has 19 heavy (non-hydrogen) atoms. The van der Waals surface area contributed by atoms with E-state index in [1.54, 1.807) is 0 Å². The SMILES string of the molecule is CCc1nc(C2CCC(C)C2)sc1CNC(C)(C)C. The highest BCUT2D eigenvalue weighted by Crippen LogP contribution is 2.40. The summed E-state index contributed by atoms with van der Waals surface area (Å²) in [5.41, 5.74) is 1.49. The number of aromatic nitrogens is 1. The highest BCUT2D eigenvalue weighted by atomic mass is 32.1. The van der Waals surface area contributed by atoms with Crippen molar-refractivity contribution in [2.45, 2.75) is 78.3 Å². The van der Waals surface area contributed by atoms with Gasteiger partial charge in [0.05, 0.1) is 10.7 Å². The Balaban J connectivity index is 2.08. The van der Waals surface area contributed by atoms with Crippen LogP contribution in [-0.2, 0) is 13.0 Å². The number of thiazole rings is 1. The maximum atomic E-state index is 4.92. The lowest BCUT2D eigenvalue weighted by Gasteiger charge is -2.20. The van der Waals surface area contributed by atoms with Crippen molar-refractivity contribution in [3.8, 4) is 0 Å². The molecule has 2 atom stereocenters. The molecule has 0 amide bonds. The fourth-order valence-corrected chi connectivity index (χ4v) is 4.01. The van der Waals surface area contributed by atoms with Crippen LogP contribution in [0.15, 0.2) is 0 Å². The lowest BCUT2D eigenvalue weighted by molar-refractivity contribution is 0.425. The van der Waals surface area contributed by atoms with E-state index in [-0.39, 0.29) is 5.54 Å². The van der Waals surface area contributed by atoms with Crippen LogP contribution >= 0.6 is 11.3 Å². The van der Waals surface area contributed by atoms with Crippen molar-refractivity contribution in [3.05, 3.63) is 15.6 Å². The second-order valence-electron chi connectivity index (χ2n) is 6.99. The Morgan fingerprint density at radius 3 is 2.58 bits per heavy atom. The standard InChI is InChI=1S/C16H28N2S/c1-6-13-14(10-17-16(3,4)5)19-15(18-13)12-8-7-11(2)9-12/h11-12,17H,6-10H2,1-5H3. The van der Waals surface area contributed by atoms with Crippen LogP contribution in [0, 0.1) is 5.92 Å². The Kier molecular flexibility index (Phi) is 4.67. The van der Waals surface area contributed by atoms with Gasteiger partial charge in [-0.15, -0.1) is 11.3 Å². The molecule has 0 spiro atoms. The molecule has 0 saturated heterocycles. The van der Waals surface area contributed by atoms with E-state index in [4.69, 9.17) is 4.98 Å². The van der Waals surface area contributed by atoms with Crippen LogP contribution in [0.1, 0.15) is 75.4 Å². The fraction of sp³-hybridized carbons (Fsp3) is 0.812. The summed E-state index contributed by atoms with van der Waals surface area (Å²) in [5.74, 6) is 1.61. The van der Waals surface area contributed by atoms with Gasteiger partial charge in [-0.1, -0.05) is 20.3 Å². The van der Waals surface area contributed by atoms with Crippen molar-refractivity contribution >= 4 is 11.3 Å². The van der Waals surface area contributed by atoms with Gasteiger partial charge in [0, 0.05) is 22.9 Å². The molecule has 1 aromatic rings. The fourth-order valence-electron chi connectivity index (χ4n) is 2.77. The minimum atomic E-state index is 0.178. The van der Waals surface area contributed by atoms with Gasteiger partial charge in [0.1, 0.15) is 0 Å². The molecule has 1 fully saturated rings. The van der Waals surface area contributed by atoms with Crippen LogP contribution in [0.3, 0.4) is 0 Å². The van der Waals surface area contributed by atoms with Gasteiger partial charge in [0.2, 0.25) is 0 Å². The highest BCUT2D eigenvalue weighted by Gasteiger charge is 2.26. The topological polar surface area (TPSA) is 24.9 Å². The zero-order chi connectivity index (χ0) is 14.0. The largest absolute Gasteiger partial charge is 0.307 e. The predicted molar refractivity (Wildman–Crippen MR) is 83.8 cm³/mol. The van der Waals surface area contributed by atoms with Gasteiger partial charge in [-0.25, -0.2) is 4.98 Å². The maximum absolute atomic E-state index is 4.92. The van der Waals surface area contributed by atoms with E-state index in [1.807, 2.05) is 11.3 Å². The van der Waals surface area contributed by atoms with Crippen LogP contribution in [0.4, 0.5) is 0 Å². The lowest BCUT2D eigenvalue weighted by atomic mass is 10.1. The lowest BCUT2D eigenvalue weighted by Crippen LogP contribution is -2.35. The molecular weight excluding hydrogens is 252 g/mol. The molecule has 1 aliphatic carbocycles. The third-order valence-electron chi connectivity index (χ3n) is 3.95. The first-order chi connectivity index (χ1) is 8.89. The van der Waals surface area contributed by atoms with E-state index < -0.39 is 0 Å². The molecule has 2 unspecified atom stereocenters. The summed E-state index contributed by atoms with van der Waals surface area (Å²) in [6.07, 6.45) is 5.11. The summed E-state index contributed by atoms with van der Waals surface area (Å²) < 4.78 is 0. The van der Waals surface area contributed by atoms with Gasteiger partial charge >= 0.3 is 0 Å². The van der Waals surface area contributed by atoms with E-state index >= 15 is 0 Å². The van der Waals surface area contributed by atoms with Crippen molar-refractivity contribution < 1.29 is 0 Å². The van der Waals surface area contributed by atoms with Crippen LogP contribution in [-0.4, -0.2) is 10.5 Å². The quantitative estimate of drug-likeness (QED) is 0.878. The monoisotopic (exact) mass is 280 g/mol. The Labute approximate surface area is 122 Å². The van der Waals surface area contributed by atoms with E-state index in [1.165, 1.54) is 34.8 Å². The average molecular weight is 280 g/mol. The number of nitrogens with zero attached hydrogens (tertiary/aromatic N) is 1. The van der Waals surface area contributed by atoms with Crippen molar-refractivity contribution in [2.75, 3.05) is 0 Å². The van der Waals surface area contributed by atoms with Gasteiger partial charge in [-0.2, -0.15) is 0 Å². The molecule has 108 valence electrons. The molecule has 1 heterocycles. The molecule has 0 aliphatic heterocycles. The summed E-state index contributed by atoms with van der Waals surface area (Å²) in [4.78, 5) is 6.38. The molecule has 2 rings (SSSR count). The number of hydrogen-bond donors (Lipinski definition) is 1. The smallest absolute Gasteiger partial charge is 0.0962 e. The van der Waals surface area contributed by atoms with Gasteiger partial charge < -0.3 is 5.32 Å². The Morgan fingerprint density at radius 1 is 1.32 bits per heavy atom. The molecule has 1 aliphatic rings. The number of nitrogens with one attached hydrogen (secondary N) is 1. The second-order valence-corrected chi connectivity index (χ2v) is 8.11. The Bertz CT molecular complexity index is 417. The molecule has 1 N–H and O–H groups in total. The molecule has 3 heteroatoms. The van der Waals surface area contributed by atoms with Crippen molar-refractivity contribution in [1.29, 1.82) is 0 Å². The highest BCUT2D eigenvalue weighted by molar-refractivity contribution is 7.11. The summed E-state index contributed by atoms with van der Waals surface area (Å²) >= 11 is 1.95. The second kappa shape index (κ2) is 5.92. The Morgan fingerprint density at radius 2 is 2.05 bits per heavy atom. The normalized spacial score (nSPS) is 24.1. The summed E-state index contributed by atoms with van der Waals surface area (Å²) in [6, 6.07) is 0. The average Bonchev–Trinajstić information content (AvgIpc) is 2.91. The molecule has 0 bridgehead atoms. The summed E-state index contributed by atoms with van der Waals surface area (Å²) in [7, 11) is 0. The number of hydrogen-bond acceptors (Lipinski definition) is 3. The summed E-state index contributed by atoms with van der Waals surface area (Å²) in [5, 5.41) is 4.99. The minimum Gasteiger partial charge on any atom is -0.307 e. The molecular formula is C16H28N2S. The molecule has 0 radical (unpaired) electrons. The summed E-state index contributed by atoms with van der Waals surface area (Å²) in [6.45, 7) is 12.2. The third-order valence-corrected chi connectivity index (χ3v) is 5.21. The molecule has 1 saturated carbocycles. The van der Waals surface area contributed by atoms with E-state index in [0.717, 1.165) is 24.8 Å². The molecule has 1 aromatic heterocycles. The van der Waals surface area contributed by atoms with Crippen molar-refractivity contribution in [2.24, 2.45) is 5.92 Å². The first kappa shape index (κ1) is 15.0. The minimum absolute atomic E-state index is 0.178. The number of rotatable bonds is 4. The van der Waals surface area contributed by atoms with Crippen LogP contribution in [0.5, 0.6) is 0 Å². The Hall–Kier alpha value is -0.410. The predicted octanol–water partition coefficient (Wildman–Crippen LogP) is 4.50. The molecule has 0 aromatic carbocycles.